The first kappa shape index (κ1) is 20.9. The minimum Gasteiger partial charge on any atom is -0.299 e. The summed E-state index contributed by atoms with van der Waals surface area (Å²) in [7, 11) is -3.69. The van der Waals surface area contributed by atoms with Crippen LogP contribution in [0.15, 0.2) is 28.6 Å². The molecule has 1 aromatic heterocycles. The van der Waals surface area contributed by atoms with Crippen molar-refractivity contribution in [3.05, 3.63) is 29.3 Å². The first-order valence-electron chi connectivity index (χ1n) is 7.78. The summed E-state index contributed by atoms with van der Waals surface area (Å²) in [6, 6.07) is 5.38. The minimum atomic E-state index is -3.69. The topological polar surface area (TPSA) is 92.3 Å². The van der Waals surface area contributed by atoms with Crippen LogP contribution in [0, 0.1) is 0 Å². The maximum absolute atomic E-state index is 12.7. The van der Waals surface area contributed by atoms with E-state index in [0.29, 0.717) is 15.8 Å². The van der Waals surface area contributed by atoms with E-state index >= 15 is 0 Å². The summed E-state index contributed by atoms with van der Waals surface area (Å²) in [5.41, 5.74) is 0.374. The molecule has 2 aromatic rings. The Bertz CT molecular complexity index is 855. The fraction of sp³-hybridized carbons (Fsp3) is 0.400. The molecule has 142 valence electrons. The Balaban J connectivity index is 2.28. The molecule has 1 aromatic carbocycles. The second-order valence-electron chi connectivity index (χ2n) is 5.25. The number of carbonyl (C=O) groups is 1. The van der Waals surface area contributed by atoms with E-state index in [1.54, 1.807) is 31.2 Å². The van der Waals surface area contributed by atoms with Crippen LogP contribution in [0.1, 0.15) is 20.3 Å². The van der Waals surface area contributed by atoms with Gasteiger partial charge in [0.2, 0.25) is 21.1 Å². The normalized spacial score (nSPS) is 12.6. The molecule has 0 aliphatic carbocycles. The summed E-state index contributed by atoms with van der Waals surface area (Å²) in [5, 5.41) is 11.4. The standard InChI is InChI=1S/C15H19ClN4O3S3/c1-4-12(13(21)17-14-18-19-15(25-14)24-5-2)20(26(3,22)23)11-8-6-10(16)7-9-11/h6-9,12H,4-5H2,1-3H3,(H,17,18,21)/t12-/m1/s1. The predicted molar refractivity (Wildman–Crippen MR) is 108 cm³/mol. The van der Waals surface area contributed by atoms with Gasteiger partial charge in [0.05, 0.1) is 11.9 Å². The number of hydrogen-bond donors (Lipinski definition) is 1. The molecular formula is C15H19ClN4O3S3. The van der Waals surface area contributed by atoms with Crippen molar-refractivity contribution in [2.45, 2.75) is 30.6 Å². The van der Waals surface area contributed by atoms with Gasteiger partial charge in [-0.2, -0.15) is 0 Å². The number of anilines is 2. The molecule has 26 heavy (non-hydrogen) atoms. The third kappa shape index (κ3) is 5.32. The number of nitrogens with zero attached hydrogens (tertiary/aromatic N) is 3. The molecule has 1 atom stereocenters. The van der Waals surface area contributed by atoms with Gasteiger partial charge < -0.3 is 0 Å². The van der Waals surface area contributed by atoms with Crippen LogP contribution in [0.4, 0.5) is 10.8 Å². The average Bonchev–Trinajstić information content (AvgIpc) is 3.00. The predicted octanol–water partition coefficient (Wildman–Crippen LogP) is 3.49. The third-order valence-electron chi connectivity index (χ3n) is 3.32. The van der Waals surface area contributed by atoms with E-state index in [4.69, 9.17) is 11.6 Å². The van der Waals surface area contributed by atoms with Crippen molar-refractivity contribution in [1.29, 1.82) is 0 Å². The van der Waals surface area contributed by atoms with Crippen molar-refractivity contribution in [1.82, 2.24) is 10.2 Å². The van der Waals surface area contributed by atoms with Crippen molar-refractivity contribution in [2.24, 2.45) is 0 Å². The number of amides is 1. The van der Waals surface area contributed by atoms with Crippen molar-refractivity contribution in [3.8, 4) is 0 Å². The highest BCUT2D eigenvalue weighted by molar-refractivity contribution is 8.01. The molecule has 2 rings (SSSR count). The number of halogens is 1. The zero-order valence-electron chi connectivity index (χ0n) is 14.5. The monoisotopic (exact) mass is 434 g/mol. The molecule has 0 saturated carbocycles. The van der Waals surface area contributed by atoms with Crippen LogP contribution in [0.5, 0.6) is 0 Å². The van der Waals surface area contributed by atoms with Gasteiger partial charge in [0.15, 0.2) is 4.34 Å². The van der Waals surface area contributed by atoms with Crippen LogP contribution in [0.2, 0.25) is 5.02 Å². The summed E-state index contributed by atoms with van der Waals surface area (Å²) in [5.74, 6) is 0.385. The molecule has 0 bridgehead atoms. The maximum Gasteiger partial charge on any atom is 0.250 e. The van der Waals surface area contributed by atoms with E-state index in [1.165, 1.54) is 23.1 Å². The lowest BCUT2D eigenvalue weighted by Gasteiger charge is -2.29. The molecule has 11 heteroatoms. The van der Waals surface area contributed by atoms with Crippen molar-refractivity contribution in [3.63, 3.8) is 0 Å². The zero-order valence-corrected chi connectivity index (χ0v) is 17.7. The van der Waals surface area contributed by atoms with Crippen LogP contribution < -0.4 is 9.62 Å². The number of rotatable bonds is 8. The van der Waals surface area contributed by atoms with E-state index in [1.807, 2.05) is 6.92 Å². The zero-order chi connectivity index (χ0) is 19.3. The van der Waals surface area contributed by atoms with E-state index < -0.39 is 22.0 Å². The molecule has 1 amide bonds. The Morgan fingerprint density at radius 3 is 2.50 bits per heavy atom. The summed E-state index contributed by atoms with van der Waals surface area (Å²) in [4.78, 5) is 12.7. The molecular weight excluding hydrogens is 416 g/mol. The van der Waals surface area contributed by atoms with Gasteiger partial charge in [-0.3, -0.25) is 14.4 Å². The first-order chi connectivity index (χ1) is 12.3. The van der Waals surface area contributed by atoms with Gasteiger partial charge in [-0.1, -0.05) is 48.5 Å². The number of benzene rings is 1. The molecule has 0 radical (unpaired) electrons. The van der Waals surface area contributed by atoms with Crippen molar-refractivity contribution < 1.29 is 13.2 Å². The number of carbonyl (C=O) groups excluding carboxylic acids is 1. The highest BCUT2D eigenvalue weighted by Crippen LogP contribution is 2.27. The highest BCUT2D eigenvalue weighted by Gasteiger charge is 2.32. The van der Waals surface area contributed by atoms with Crippen LogP contribution in [-0.2, 0) is 14.8 Å². The smallest absolute Gasteiger partial charge is 0.250 e. The second-order valence-corrected chi connectivity index (χ2v) is 10.0. The molecule has 0 fully saturated rings. The summed E-state index contributed by atoms with van der Waals surface area (Å²) >= 11 is 8.65. The molecule has 0 aliphatic heterocycles. The molecule has 0 unspecified atom stereocenters. The Morgan fingerprint density at radius 1 is 1.31 bits per heavy atom. The Kier molecular flexibility index (Phi) is 7.27. The van der Waals surface area contributed by atoms with E-state index in [9.17, 15) is 13.2 Å². The quantitative estimate of drug-likeness (QED) is 0.505. The average molecular weight is 435 g/mol. The van der Waals surface area contributed by atoms with Gasteiger partial charge in [-0.15, -0.1) is 10.2 Å². The number of nitrogens with one attached hydrogen (secondary N) is 1. The molecule has 1 heterocycles. The number of sulfonamides is 1. The lowest BCUT2D eigenvalue weighted by Crippen LogP contribution is -2.46. The van der Waals surface area contributed by atoms with E-state index in [2.05, 4.69) is 15.5 Å². The van der Waals surface area contributed by atoms with E-state index in [-0.39, 0.29) is 6.42 Å². The van der Waals surface area contributed by atoms with Gasteiger partial charge >= 0.3 is 0 Å². The maximum atomic E-state index is 12.7. The molecule has 0 aliphatic rings. The van der Waals surface area contributed by atoms with Gasteiger partial charge in [0.25, 0.3) is 0 Å². The summed E-state index contributed by atoms with van der Waals surface area (Å²) in [6.45, 7) is 3.74. The van der Waals surface area contributed by atoms with Crippen LogP contribution in [-0.4, -0.2) is 42.6 Å². The van der Waals surface area contributed by atoms with Gasteiger partial charge in [-0.25, -0.2) is 8.42 Å². The van der Waals surface area contributed by atoms with Crippen LogP contribution in [0.3, 0.4) is 0 Å². The van der Waals surface area contributed by atoms with Gasteiger partial charge in [0.1, 0.15) is 6.04 Å². The molecule has 7 nitrogen and oxygen atoms in total. The Hall–Kier alpha value is -1.36. The van der Waals surface area contributed by atoms with Crippen molar-refractivity contribution in [2.75, 3.05) is 21.6 Å². The number of thioether (sulfide) groups is 1. The summed E-state index contributed by atoms with van der Waals surface area (Å²) in [6.07, 6.45) is 1.36. The number of hydrogen-bond acceptors (Lipinski definition) is 7. The SMILES string of the molecule is CCSc1nnc(NC(=O)[C@@H](CC)N(c2ccc(Cl)cc2)S(C)(=O)=O)s1. The van der Waals surface area contributed by atoms with Crippen molar-refractivity contribution >= 4 is 61.4 Å². The molecule has 1 N–H and O–H groups in total. The fourth-order valence-electron chi connectivity index (χ4n) is 2.28. The third-order valence-corrected chi connectivity index (χ3v) is 6.60. The van der Waals surface area contributed by atoms with Crippen LogP contribution in [0.25, 0.3) is 0 Å². The van der Waals surface area contributed by atoms with Gasteiger partial charge in [-0.05, 0) is 36.4 Å². The van der Waals surface area contributed by atoms with Gasteiger partial charge in [0, 0.05) is 5.02 Å². The summed E-state index contributed by atoms with van der Waals surface area (Å²) < 4.78 is 26.5. The van der Waals surface area contributed by atoms with E-state index in [0.717, 1.165) is 20.7 Å². The first-order valence-corrected chi connectivity index (χ1v) is 11.8. The Labute approximate surface area is 166 Å². The molecule has 0 spiro atoms. The number of aromatic nitrogens is 2. The Morgan fingerprint density at radius 2 is 1.96 bits per heavy atom. The lowest BCUT2D eigenvalue weighted by atomic mass is 10.2. The minimum absolute atomic E-state index is 0.289. The largest absolute Gasteiger partial charge is 0.299 e. The fourth-order valence-corrected chi connectivity index (χ4v) is 5.27. The van der Waals surface area contributed by atoms with Crippen LogP contribution >= 0.6 is 34.7 Å². The highest BCUT2D eigenvalue weighted by atomic mass is 35.5. The lowest BCUT2D eigenvalue weighted by molar-refractivity contribution is -0.117. The molecule has 0 saturated heterocycles. The second kappa shape index (κ2) is 9.03.